The van der Waals surface area contributed by atoms with Gasteiger partial charge in [0, 0.05) is 11.3 Å². The number of carbonyl (C=O) groups is 2. The second-order valence-electron chi connectivity index (χ2n) is 6.32. The monoisotopic (exact) mass is 311 g/mol. The maximum atomic E-state index is 11.8. The van der Waals surface area contributed by atoms with Crippen LogP contribution in [0.25, 0.3) is 0 Å². The predicted octanol–water partition coefficient (Wildman–Crippen LogP) is 4.44. The SMILES string of the molecule is CC(C)(C)OC(=O)Nc1ccc(C=O)c(Cc2ccccc2)c1. The smallest absolute Gasteiger partial charge is 0.412 e. The lowest BCUT2D eigenvalue weighted by atomic mass is 10.00. The van der Waals surface area contributed by atoms with E-state index in [-0.39, 0.29) is 0 Å². The van der Waals surface area contributed by atoms with Gasteiger partial charge in [-0.3, -0.25) is 10.1 Å². The summed E-state index contributed by atoms with van der Waals surface area (Å²) in [6.45, 7) is 5.43. The zero-order chi connectivity index (χ0) is 16.9. The number of hydrogen-bond acceptors (Lipinski definition) is 3. The van der Waals surface area contributed by atoms with Gasteiger partial charge in [0.2, 0.25) is 0 Å². The highest BCUT2D eigenvalue weighted by atomic mass is 16.6. The number of amides is 1. The minimum atomic E-state index is -0.556. The Labute approximate surface area is 136 Å². The topological polar surface area (TPSA) is 55.4 Å². The molecule has 0 aliphatic rings. The summed E-state index contributed by atoms with van der Waals surface area (Å²) in [4.78, 5) is 23.1. The third-order valence-electron chi connectivity index (χ3n) is 3.15. The van der Waals surface area contributed by atoms with Crippen molar-refractivity contribution >= 4 is 18.1 Å². The normalized spacial score (nSPS) is 10.9. The standard InChI is InChI=1S/C19H21NO3/c1-19(2,3)23-18(22)20-17-10-9-15(13-21)16(12-17)11-14-7-5-4-6-8-14/h4-10,12-13H,11H2,1-3H3,(H,20,22). The number of aldehydes is 1. The molecular formula is C19H21NO3. The average Bonchev–Trinajstić information content (AvgIpc) is 2.46. The summed E-state index contributed by atoms with van der Waals surface area (Å²) in [7, 11) is 0. The Morgan fingerprint density at radius 1 is 1.13 bits per heavy atom. The summed E-state index contributed by atoms with van der Waals surface area (Å²) in [5.41, 5.74) is 2.63. The van der Waals surface area contributed by atoms with Gasteiger partial charge in [-0.15, -0.1) is 0 Å². The molecule has 0 spiro atoms. The van der Waals surface area contributed by atoms with Gasteiger partial charge in [0.1, 0.15) is 11.9 Å². The predicted molar refractivity (Wildman–Crippen MR) is 90.9 cm³/mol. The third-order valence-corrected chi connectivity index (χ3v) is 3.15. The highest BCUT2D eigenvalue weighted by Gasteiger charge is 2.16. The van der Waals surface area contributed by atoms with Gasteiger partial charge in [0.25, 0.3) is 0 Å². The lowest BCUT2D eigenvalue weighted by Gasteiger charge is -2.20. The Kier molecular flexibility index (Phi) is 5.16. The lowest BCUT2D eigenvalue weighted by Crippen LogP contribution is -2.27. The Morgan fingerprint density at radius 2 is 1.83 bits per heavy atom. The molecule has 0 aliphatic carbocycles. The molecule has 1 N–H and O–H groups in total. The molecule has 0 fully saturated rings. The second kappa shape index (κ2) is 7.09. The van der Waals surface area contributed by atoms with E-state index in [2.05, 4.69) is 5.32 Å². The van der Waals surface area contributed by atoms with Gasteiger partial charge in [0.15, 0.2) is 0 Å². The summed E-state index contributed by atoms with van der Waals surface area (Å²) >= 11 is 0. The number of hydrogen-bond donors (Lipinski definition) is 1. The largest absolute Gasteiger partial charge is 0.444 e. The van der Waals surface area contributed by atoms with E-state index in [4.69, 9.17) is 4.74 Å². The zero-order valence-corrected chi connectivity index (χ0v) is 13.6. The van der Waals surface area contributed by atoms with Crippen molar-refractivity contribution in [3.8, 4) is 0 Å². The molecule has 120 valence electrons. The van der Waals surface area contributed by atoms with E-state index in [9.17, 15) is 9.59 Å². The molecule has 4 nitrogen and oxygen atoms in total. The van der Waals surface area contributed by atoms with Crippen LogP contribution in [0, 0.1) is 0 Å². The van der Waals surface area contributed by atoms with Gasteiger partial charge in [-0.1, -0.05) is 30.3 Å². The van der Waals surface area contributed by atoms with Gasteiger partial charge in [-0.25, -0.2) is 4.79 Å². The van der Waals surface area contributed by atoms with Crippen LogP contribution in [0.15, 0.2) is 48.5 Å². The van der Waals surface area contributed by atoms with E-state index in [1.54, 1.807) is 18.2 Å². The number of anilines is 1. The molecule has 0 atom stereocenters. The molecule has 0 aliphatic heterocycles. The highest BCUT2D eigenvalue weighted by Crippen LogP contribution is 2.19. The minimum absolute atomic E-state index is 0.512. The van der Waals surface area contributed by atoms with Crippen LogP contribution in [0.1, 0.15) is 42.3 Å². The molecule has 4 heteroatoms. The lowest BCUT2D eigenvalue weighted by molar-refractivity contribution is 0.0636. The van der Waals surface area contributed by atoms with Crippen molar-refractivity contribution in [3.05, 3.63) is 65.2 Å². The van der Waals surface area contributed by atoms with E-state index in [0.717, 1.165) is 17.4 Å². The number of carbonyl (C=O) groups excluding carboxylic acids is 2. The van der Waals surface area contributed by atoms with Crippen LogP contribution in [-0.2, 0) is 11.2 Å². The highest BCUT2D eigenvalue weighted by molar-refractivity contribution is 5.86. The molecule has 0 saturated heterocycles. The van der Waals surface area contributed by atoms with Gasteiger partial charge in [-0.2, -0.15) is 0 Å². The van der Waals surface area contributed by atoms with Gasteiger partial charge in [-0.05, 0) is 56.5 Å². The van der Waals surface area contributed by atoms with E-state index in [0.29, 0.717) is 17.7 Å². The van der Waals surface area contributed by atoms with Crippen LogP contribution in [0.2, 0.25) is 0 Å². The van der Waals surface area contributed by atoms with Crippen molar-refractivity contribution in [2.45, 2.75) is 32.8 Å². The van der Waals surface area contributed by atoms with Crippen molar-refractivity contribution < 1.29 is 14.3 Å². The summed E-state index contributed by atoms with van der Waals surface area (Å²) in [6, 6.07) is 15.1. The summed E-state index contributed by atoms with van der Waals surface area (Å²) in [5, 5.41) is 2.70. The number of benzene rings is 2. The zero-order valence-electron chi connectivity index (χ0n) is 13.6. The van der Waals surface area contributed by atoms with Crippen LogP contribution in [0.5, 0.6) is 0 Å². The minimum Gasteiger partial charge on any atom is -0.444 e. The van der Waals surface area contributed by atoms with Crippen molar-refractivity contribution in [3.63, 3.8) is 0 Å². The fourth-order valence-corrected chi connectivity index (χ4v) is 2.19. The Hall–Kier alpha value is -2.62. The van der Waals surface area contributed by atoms with Crippen molar-refractivity contribution in [1.29, 1.82) is 0 Å². The average molecular weight is 311 g/mol. The molecule has 0 heterocycles. The summed E-state index contributed by atoms with van der Waals surface area (Å²) in [5.74, 6) is 0. The molecule has 0 radical (unpaired) electrons. The van der Waals surface area contributed by atoms with Crippen molar-refractivity contribution in [2.75, 3.05) is 5.32 Å². The Morgan fingerprint density at radius 3 is 2.43 bits per heavy atom. The van der Waals surface area contributed by atoms with Crippen LogP contribution in [0.4, 0.5) is 10.5 Å². The van der Waals surface area contributed by atoms with Crippen molar-refractivity contribution in [2.24, 2.45) is 0 Å². The number of rotatable bonds is 4. The van der Waals surface area contributed by atoms with E-state index >= 15 is 0 Å². The number of nitrogens with one attached hydrogen (secondary N) is 1. The summed E-state index contributed by atoms with van der Waals surface area (Å²) in [6.07, 6.45) is 0.941. The number of ether oxygens (including phenoxy) is 1. The summed E-state index contributed by atoms with van der Waals surface area (Å²) < 4.78 is 5.24. The quantitative estimate of drug-likeness (QED) is 0.849. The fraction of sp³-hybridized carbons (Fsp3) is 0.263. The third kappa shape index (κ3) is 5.25. The molecule has 2 aromatic rings. The van der Waals surface area contributed by atoms with Gasteiger partial charge < -0.3 is 4.74 Å². The first-order valence-corrected chi connectivity index (χ1v) is 7.49. The Bertz CT molecular complexity index is 688. The van der Waals surface area contributed by atoms with E-state index < -0.39 is 11.7 Å². The van der Waals surface area contributed by atoms with Crippen LogP contribution in [0.3, 0.4) is 0 Å². The maximum absolute atomic E-state index is 11.8. The van der Waals surface area contributed by atoms with E-state index in [1.165, 1.54) is 0 Å². The second-order valence-corrected chi connectivity index (χ2v) is 6.32. The maximum Gasteiger partial charge on any atom is 0.412 e. The van der Waals surface area contributed by atoms with Crippen LogP contribution < -0.4 is 5.32 Å². The molecule has 2 aromatic carbocycles. The first-order valence-electron chi connectivity index (χ1n) is 7.49. The van der Waals surface area contributed by atoms with Gasteiger partial charge in [0.05, 0.1) is 0 Å². The molecule has 2 rings (SSSR count). The van der Waals surface area contributed by atoms with Crippen molar-refractivity contribution in [1.82, 2.24) is 0 Å². The molecular weight excluding hydrogens is 290 g/mol. The molecule has 0 unspecified atom stereocenters. The van der Waals surface area contributed by atoms with Crippen LogP contribution in [-0.4, -0.2) is 18.0 Å². The molecule has 0 bridgehead atoms. The van der Waals surface area contributed by atoms with Crippen LogP contribution >= 0.6 is 0 Å². The Balaban J connectivity index is 2.18. The molecule has 1 amide bonds. The molecule has 0 saturated carbocycles. The van der Waals surface area contributed by atoms with E-state index in [1.807, 2.05) is 51.1 Å². The molecule has 0 aromatic heterocycles. The first-order chi connectivity index (χ1) is 10.9. The molecule has 23 heavy (non-hydrogen) atoms. The first kappa shape index (κ1) is 16.7. The van der Waals surface area contributed by atoms with Gasteiger partial charge >= 0.3 is 6.09 Å². The fourth-order valence-electron chi connectivity index (χ4n) is 2.19.